The zero-order valence-corrected chi connectivity index (χ0v) is 22.3. The van der Waals surface area contributed by atoms with E-state index in [4.69, 9.17) is 4.99 Å². The Kier molecular flexibility index (Phi) is 7.05. The summed E-state index contributed by atoms with van der Waals surface area (Å²) >= 11 is 1.73. The van der Waals surface area contributed by atoms with Crippen LogP contribution in [0.15, 0.2) is 29.3 Å². The molecule has 190 valence electrons. The number of benzene rings is 1. The van der Waals surface area contributed by atoms with Gasteiger partial charge in [-0.15, -0.1) is 21.5 Å². The number of hydrogen-bond donors (Lipinski definition) is 1. The number of piperazine rings is 1. The van der Waals surface area contributed by atoms with Gasteiger partial charge < -0.3 is 10.0 Å². The first-order valence-corrected chi connectivity index (χ1v) is 13.5. The number of carbonyl (C=O) groups excluding carboxylic acids is 1. The largest absolute Gasteiger partial charge is 0.395 e. The van der Waals surface area contributed by atoms with Gasteiger partial charge in [0.25, 0.3) is 0 Å². The number of aromatic nitrogens is 3. The monoisotopic (exact) mass is 506 g/mol. The standard InChI is InChI=1S/C27H34N6O2S/c1-5-20-6-8-21(9-7-20)25-24-17(2)18(3)36-27(24)33-19(4)29-30-26(33)22(28-25)16-23(35)32-12-10-31(11-13-32)14-15-34/h6-9,22,34H,5,10-16H2,1-4H3/t22-/m0/s1. The molecule has 5 rings (SSSR count). The lowest BCUT2D eigenvalue weighted by Gasteiger charge is -2.34. The molecule has 0 bridgehead atoms. The maximum atomic E-state index is 13.5. The van der Waals surface area contributed by atoms with Crippen molar-refractivity contribution in [1.29, 1.82) is 0 Å². The van der Waals surface area contributed by atoms with E-state index in [1.165, 1.54) is 16.0 Å². The first-order chi connectivity index (χ1) is 17.4. The number of aryl methyl sites for hydroxylation is 3. The molecule has 1 aromatic carbocycles. The lowest BCUT2D eigenvalue weighted by atomic mass is 9.98. The van der Waals surface area contributed by atoms with Gasteiger partial charge in [0.2, 0.25) is 5.91 Å². The molecule has 1 fully saturated rings. The van der Waals surface area contributed by atoms with Gasteiger partial charge in [0.15, 0.2) is 5.82 Å². The molecule has 9 heteroatoms. The number of fused-ring (bicyclic) bond motifs is 3. The number of thiophene rings is 1. The SMILES string of the molecule is CCc1ccc(C2=N[C@@H](CC(=O)N3CCN(CCO)CC3)c3nnc(C)n3-c3sc(C)c(C)c32)cc1. The normalized spacial score (nSPS) is 18.0. The van der Waals surface area contributed by atoms with Crippen molar-refractivity contribution in [2.75, 3.05) is 39.3 Å². The van der Waals surface area contributed by atoms with Gasteiger partial charge in [0, 0.05) is 48.7 Å². The van der Waals surface area contributed by atoms with Crippen LogP contribution in [-0.2, 0) is 11.2 Å². The summed E-state index contributed by atoms with van der Waals surface area (Å²) in [5.41, 5.74) is 5.58. The van der Waals surface area contributed by atoms with Gasteiger partial charge in [0.05, 0.1) is 18.7 Å². The summed E-state index contributed by atoms with van der Waals surface area (Å²) in [6, 6.07) is 8.19. The lowest BCUT2D eigenvalue weighted by Crippen LogP contribution is -2.49. The number of hydrogen-bond acceptors (Lipinski definition) is 7. The van der Waals surface area contributed by atoms with Crippen molar-refractivity contribution >= 4 is 23.0 Å². The lowest BCUT2D eigenvalue weighted by molar-refractivity contribution is -0.133. The van der Waals surface area contributed by atoms with E-state index >= 15 is 0 Å². The van der Waals surface area contributed by atoms with E-state index in [1.807, 2.05) is 11.8 Å². The molecule has 8 nitrogen and oxygen atoms in total. The summed E-state index contributed by atoms with van der Waals surface area (Å²) in [4.78, 5) is 24.1. The maximum absolute atomic E-state index is 13.5. The zero-order valence-electron chi connectivity index (χ0n) is 21.5. The Hall–Kier alpha value is -2.88. The van der Waals surface area contributed by atoms with Crippen LogP contribution in [0.2, 0.25) is 0 Å². The Balaban J connectivity index is 1.54. The van der Waals surface area contributed by atoms with Crippen LogP contribution in [0.4, 0.5) is 0 Å². The van der Waals surface area contributed by atoms with Crippen LogP contribution in [0, 0.1) is 20.8 Å². The minimum absolute atomic E-state index is 0.0819. The van der Waals surface area contributed by atoms with E-state index in [0.29, 0.717) is 19.6 Å². The predicted octanol–water partition coefficient (Wildman–Crippen LogP) is 3.24. The van der Waals surface area contributed by atoms with Crippen LogP contribution in [-0.4, -0.2) is 80.6 Å². The van der Waals surface area contributed by atoms with Crippen LogP contribution in [0.1, 0.15) is 58.2 Å². The fraction of sp³-hybridized carbons (Fsp3) is 0.481. The first-order valence-electron chi connectivity index (χ1n) is 12.7. The fourth-order valence-corrected chi connectivity index (χ4v) is 6.29. The smallest absolute Gasteiger partial charge is 0.225 e. The summed E-state index contributed by atoms with van der Waals surface area (Å²) in [6.07, 6.45) is 1.24. The summed E-state index contributed by atoms with van der Waals surface area (Å²) in [6.45, 7) is 12.1. The van der Waals surface area contributed by atoms with Gasteiger partial charge >= 0.3 is 0 Å². The molecule has 0 aliphatic carbocycles. The van der Waals surface area contributed by atoms with Crippen molar-refractivity contribution in [2.24, 2.45) is 4.99 Å². The van der Waals surface area contributed by atoms with E-state index in [9.17, 15) is 9.90 Å². The molecule has 0 spiro atoms. The fourth-order valence-electron chi connectivity index (χ4n) is 5.08. The van der Waals surface area contributed by atoms with Gasteiger partial charge in [-0.25, -0.2) is 0 Å². The number of amides is 1. The number of β-amino-alcohol motifs (C(OH)–C–C–N with tert-alkyl or cyclic N) is 1. The summed E-state index contributed by atoms with van der Waals surface area (Å²) in [5, 5.41) is 19.2. The highest BCUT2D eigenvalue weighted by Gasteiger charge is 2.33. The maximum Gasteiger partial charge on any atom is 0.225 e. The molecule has 36 heavy (non-hydrogen) atoms. The van der Waals surface area contributed by atoms with E-state index in [-0.39, 0.29) is 18.9 Å². The van der Waals surface area contributed by atoms with Gasteiger partial charge in [-0.3, -0.25) is 19.3 Å². The number of nitrogens with zero attached hydrogens (tertiary/aromatic N) is 6. The highest BCUT2D eigenvalue weighted by atomic mass is 32.1. The molecule has 1 saturated heterocycles. The van der Waals surface area contributed by atoms with Crippen molar-refractivity contribution in [1.82, 2.24) is 24.6 Å². The second-order valence-corrected chi connectivity index (χ2v) is 10.8. The van der Waals surface area contributed by atoms with Gasteiger partial charge in [-0.1, -0.05) is 31.2 Å². The molecule has 0 radical (unpaired) electrons. The van der Waals surface area contributed by atoms with Crippen molar-refractivity contribution < 1.29 is 9.90 Å². The summed E-state index contributed by atoms with van der Waals surface area (Å²) in [5.74, 6) is 1.61. The van der Waals surface area contributed by atoms with E-state index in [1.54, 1.807) is 11.3 Å². The number of rotatable bonds is 6. The second-order valence-electron chi connectivity index (χ2n) is 9.60. The molecule has 0 saturated carbocycles. The molecule has 2 aliphatic heterocycles. The Labute approximate surface area is 216 Å². The van der Waals surface area contributed by atoms with E-state index < -0.39 is 6.04 Å². The minimum Gasteiger partial charge on any atom is -0.395 e. The minimum atomic E-state index is -0.422. The summed E-state index contributed by atoms with van der Waals surface area (Å²) in [7, 11) is 0. The van der Waals surface area contributed by atoms with Gasteiger partial charge in [-0.05, 0) is 38.3 Å². The molecule has 3 aromatic rings. The number of aliphatic hydroxyl groups is 1. The number of aliphatic hydroxyl groups excluding tert-OH is 1. The molecular weight excluding hydrogens is 472 g/mol. The topological polar surface area (TPSA) is 86.8 Å². The van der Waals surface area contributed by atoms with Crippen molar-refractivity contribution in [3.05, 3.63) is 63.0 Å². The van der Waals surface area contributed by atoms with Crippen LogP contribution in [0.3, 0.4) is 0 Å². The van der Waals surface area contributed by atoms with Crippen LogP contribution < -0.4 is 0 Å². The molecule has 0 unspecified atom stereocenters. The van der Waals surface area contributed by atoms with Gasteiger partial charge in [0.1, 0.15) is 16.9 Å². The molecule has 1 N–H and O–H groups in total. The zero-order chi connectivity index (χ0) is 25.4. The Morgan fingerprint density at radius 2 is 1.81 bits per heavy atom. The van der Waals surface area contributed by atoms with Crippen LogP contribution in [0.5, 0.6) is 0 Å². The third-order valence-corrected chi connectivity index (χ3v) is 8.58. The Morgan fingerprint density at radius 3 is 2.47 bits per heavy atom. The molecule has 1 amide bonds. The van der Waals surface area contributed by atoms with Crippen molar-refractivity contribution in [3.63, 3.8) is 0 Å². The van der Waals surface area contributed by atoms with Crippen LogP contribution in [0.25, 0.3) is 5.00 Å². The van der Waals surface area contributed by atoms with Gasteiger partial charge in [-0.2, -0.15) is 0 Å². The van der Waals surface area contributed by atoms with Crippen molar-refractivity contribution in [3.8, 4) is 5.00 Å². The number of aliphatic imine (C=N–C) groups is 1. The Morgan fingerprint density at radius 1 is 1.08 bits per heavy atom. The average Bonchev–Trinajstić information content (AvgIpc) is 3.36. The number of carbonyl (C=O) groups is 1. The third kappa shape index (κ3) is 4.51. The molecule has 4 heterocycles. The van der Waals surface area contributed by atoms with Crippen molar-refractivity contribution in [2.45, 2.75) is 46.6 Å². The average molecular weight is 507 g/mol. The second kappa shape index (κ2) is 10.2. The first kappa shape index (κ1) is 24.8. The third-order valence-electron chi connectivity index (χ3n) is 7.38. The molecular formula is C27H34N6O2S. The highest BCUT2D eigenvalue weighted by Crippen LogP contribution is 2.39. The van der Waals surface area contributed by atoms with Crippen LogP contribution >= 0.6 is 11.3 Å². The molecule has 2 aromatic heterocycles. The quantitative estimate of drug-likeness (QED) is 0.555. The Bertz CT molecular complexity index is 1280. The summed E-state index contributed by atoms with van der Waals surface area (Å²) < 4.78 is 2.11. The van der Waals surface area contributed by atoms with E-state index in [0.717, 1.165) is 53.0 Å². The molecule has 1 atom stereocenters. The predicted molar refractivity (Wildman–Crippen MR) is 142 cm³/mol. The van der Waals surface area contributed by atoms with E-state index in [2.05, 4.69) is 64.7 Å². The highest BCUT2D eigenvalue weighted by molar-refractivity contribution is 7.15. The molecule has 2 aliphatic rings.